The summed E-state index contributed by atoms with van der Waals surface area (Å²) in [5, 5.41) is 11.6. The molecule has 0 atom stereocenters. The Kier molecular flexibility index (Phi) is 11.8. The van der Waals surface area contributed by atoms with Crippen LogP contribution in [0.2, 0.25) is 0 Å². The predicted molar refractivity (Wildman–Crippen MR) is 57.0 cm³/mol. The predicted octanol–water partition coefficient (Wildman–Crippen LogP) is 1.41. The van der Waals surface area contributed by atoms with Gasteiger partial charge in [-0.15, -0.1) is 0 Å². The van der Waals surface area contributed by atoms with Crippen LogP contribution in [0.1, 0.15) is 34.1 Å². The second kappa shape index (κ2) is 9.96. The third-order valence-corrected chi connectivity index (χ3v) is 1.78. The lowest BCUT2D eigenvalue weighted by molar-refractivity contribution is 0.0796. The van der Waals surface area contributed by atoms with Crippen LogP contribution in [0, 0.1) is 0 Å². The standard InChI is InChI=1S/C8H19NO2.C2H6/c1-8(2,9-3)4-6-11-7-5-10;1-2/h9-10H,4-7H2,1-3H3;1-2H3. The number of rotatable bonds is 6. The Hall–Kier alpha value is -0.120. The summed E-state index contributed by atoms with van der Waals surface area (Å²) in [6, 6.07) is 0. The van der Waals surface area contributed by atoms with Gasteiger partial charge in [0.05, 0.1) is 13.2 Å². The van der Waals surface area contributed by atoms with Crippen LogP contribution in [0.25, 0.3) is 0 Å². The molecule has 0 bridgehead atoms. The number of hydrogen-bond donors (Lipinski definition) is 2. The summed E-state index contributed by atoms with van der Waals surface area (Å²) in [6.07, 6.45) is 0.962. The molecule has 0 aliphatic carbocycles. The number of aliphatic hydroxyl groups is 1. The van der Waals surface area contributed by atoms with Gasteiger partial charge in [-0.25, -0.2) is 0 Å². The molecule has 0 spiro atoms. The van der Waals surface area contributed by atoms with Crippen molar-refractivity contribution in [1.29, 1.82) is 0 Å². The first-order valence-electron chi connectivity index (χ1n) is 5.00. The first-order valence-corrected chi connectivity index (χ1v) is 5.00. The van der Waals surface area contributed by atoms with Crippen LogP contribution in [-0.2, 0) is 4.74 Å². The average molecular weight is 191 g/mol. The van der Waals surface area contributed by atoms with E-state index in [2.05, 4.69) is 19.2 Å². The fraction of sp³-hybridized carbons (Fsp3) is 1.00. The fourth-order valence-electron chi connectivity index (χ4n) is 0.619. The van der Waals surface area contributed by atoms with Gasteiger partial charge in [0.25, 0.3) is 0 Å². The molecule has 0 amide bonds. The van der Waals surface area contributed by atoms with Crippen LogP contribution in [0.4, 0.5) is 0 Å². The topological polar surface area (TPSA) is 41.5 Å². The molecule has 0 saturated heterocycles. The van der Waals surface area contributed by atoms with Crippen LogP contribution in [0.15, 0.2) is 0 Å². The third-order valence-electron chi connectivity index (χ3n) is 1.78. The largest absolute Gasteiger partial charge is 0.394 e. The summed E-state index contributed by atoms with van der Waals surface area (Å²) in [4.78, 5) is 0. The van der Waals surface area contributed by atoms with Gasteiger partial charge < -0.3 is 15.2 Å². The van der Waals surface area contributed by atoms with E-state index in [1.807, 2.05) is 20.9 Å². The first kappa shape index (κ1) is 15.4. The molecule has 0 aliphatic rings. The SMILES string of the molecule is CC.CNC(C)(C)CCOCCO. The molecule has 0 saturated carbocycles. The summed E-state index contributed by atoms with van der Waals surface area (Å²) < 4.78 is 5.13. The second-order valence-corrected chi connectivity index (χ2v) is 3.22. The molecule has 0 aromatic rings. The van der Waals surface area contributed by atoms with Gasteiger partial charge in [-0.1, -0.05) is 13.8 Å². The van der Waals surface area contributed by atoms with Gasteiger partial charge in [0.1, 0.15) is 0 Å². The molecule has 3 heteroatoms. The van der Waals surface area contributed by atoms with Gasteiger partial charge in [0.2, 0.25) is 0 Å². The lowest BCUT2D eigenvalue weighted by Gasteiger charge is -2.23. The van der Waals surface area contributed by atoms with Crippen molar-refractivity contribution in [2.75, 3.05) is 26.9 Å². The minimum absolute atomic E-state index is 0.111. The van der Waals surface area contributed by atoms with E-state index in [0.29, 0.717) is 13.2 Å². The van der Waals surface area contributed by atoms with Crippen molar-refractivity contribution < 1.29 is 9.84 Å². The van der Waals surface area contributed by atoms with E-state index in [1.165, 1.54) is 0 Å². The maximum Gasteiger partial charge on any atom is 0.0697 e. The van der Waals surface area contributed by atoms with Crippen molar-refractivity contribution in [1.82, 2.24) is 5.32 Å². The Morgan fingerprint density at radius 2 is 1.77 bits per heavy atom. The van der Waals surface area contributed by atoms with E-state index in [0.717, 1.165) is 6.42 Å². The third kappa shape index (κ3) is 11.9. The van der Waals surface area contributed by atoms with Crippen molar-refractivity contribution in [3.05, 3.63) is 0 Å². The summed E-state index contributed by atoms with van der Waals surface area (Å²) in [6.45, 7) is 9.50. The van der Waals surface area contributed by atoms with E-state index in [-0.39, 0.29) is 12.1 Å². The van der Waals surface area contributed by atoms with Crippen LogP contribution >= 0.6 is 0 Å². The Balaban J connectivity index is 0. The minimum atomic E-state index is 0.111. The van der Waals surface area contributed by atoms with Gasteiger partial charge in [-0.3, -0.25) is 0 Å². The van der Waals surface area contributed by atoms with Crippen molar-refractivity contribution in [2.24, 2.45) is 0 Å². The van der Waals surface area contributed by atoms with Gasteiger partial charge in [-0.05, 0) is 27.3 Å². The summed E-state index contributed by atoms with van der Waals surface area (Å²) in [5.74, 6) is 0. The summed E-state index contributed by atoms with van der Waals surface area (Å²) in [7, 11) is 1.94. The number of aliphatic hydroxyl groups excluding tert-OH is 1. The number of nitrogens with one attached hydrogen (secondary N) is 1. The fourth-order valence-corrected chi connectivity index (χ4v) is 0.619. The molecule has 13 heavy (non-hydrogen) atoms. The van der Waals surface area contributed by atoms with Crippen molar-refractivity contribution in [2.45, 2.75) is 39.7 Å². The molecule has 0 aromatic carbocycles. The highest BCUT2D eigenvalue weighted by atomic mass is 16.5. The average Bonchev–Trinajstić information content (AvgIpc) is 2.16. The van der Waals surface area contributed by atoms with Crippen LogP contribution < -0.4 is 5.32 Å². The molecule has 0 fully saturated rings. The first-order chi connectivity index (χ1) is 6.12. The molecular weight excluding hydrogens is 166 g/mol. The van der Waals surface area contributed by atoms with Crippen molar-refractivity contribution in [3.8, 4) is 0 Å². The quantitative estimate of drug-likeness (QED) is 0.624. The lowest BCUT2D eigenvalue weighted by Crippen LogP contribution is -2.37. The number of hydrogen-bond acceptors (Lipinski definition) is 3. The van der Waals surface area contributed by atoms with Gasteiger partial charge in [-0.2, -0.15) is 0 Å². The van der Waals surface area contributed by atoms with E-state index in [1.54, 1.807) is 0 Å². The molecule has 82 valence electrons. The zero-order chi connectivity index (χ0) is 10.7. The summed E-state index contributed by atoms with van der Waals surface area (Å²) in [5.41, 5.74) is 0.134. The monoisotopic (exact) mass is 191 g/mol. The van der Waals surface area contributed by atoms with E-state index in [4.69, 9.17) is 9.84 Å². The van der Waals surface area contributed by atoms with Crippen LogP contribution in [0.3, 0.4) is 0 Å². The van der Waals surface area contributed by atoms with Crippen LogP contribution in [-0.4, -0.2) is 37.5 Å². The van der Waals surface area contributed by atoms with Gasteiger partial charge in [0, 0.05) is 12.1 Å². The van der Waals surface area contributed by atoms with Gasteiger partial charge in [0.15, 0.2) is 0 Å². The molecular formula is C10H25NO2. The Morgan fingerprint density at radius 1 is 1.23 bits per heavy atom. The lowest BCUT2D eigenvalue weighted by atomic mass is 10.0. The highest BCUT2D eigenvalue weighted by Crippen LogP contribution is 2.06. The van der Waals surface area contributed by atoms with Crippen LogP contribution in [0.5, 0.6) is 0 Å². The van der Waals surface area contributed by atoms with Crippen molar-refractivity contribution in [3.63, 3.8) is 0 Å². The van der Waals surface area contributed by atoms with Gasteiger partial charge >= 0.3 is 0 Å². The molecule has 2 N–H and O–H groups in total. The zero-order valence-electron chi connectivity index (χ0n) is 9.68. The molecule has 3 nitrogen and oxygen atoms in total. The molecule has 0 unspecified atom stereocenters. The molecule has 0 heterocycles. The Labute approximate surface area is 82.5 Å². The maximum absolute atomic E-state index is 8.41. The maximum atomic E-state index is 8.41. The smallest absolute Gasteiger partial charge is 0.0697 e. The highest BCUT2D eigenvalue weighted by Gasteiger charge is 2.13. The second-order valence-electron chi connectivity index (χ2n) is 3.22. The zero-order valence-corrected chi connectivity index (χ0v) is 9.68. The molecule has 0 aromatic heterocycles. The van der Waals surface area contributed by atoms with Crippen molar-refractivity contribution >= 4 is 0 Å². The minimum Gasteiger partial charge on any atom is -0.394 e. The molecule has 0 radical (unpaired) electrons. The summed E-state index contributed by atoms with van der Waals surface area (Å²) >= 11 is 0. The number of ether oxygens (including phenoxy) is 1. The highest BCUT2D eigenvalue weighted by molar-refractivity contribution is 4.74. The van der Waals surface area contributed by atoms with E-state index < -0.39 is 0 Å². The Morgan fingerprint density at radius 3 is 2.15 bits per heavy atom. The molecule has 0 aliphatic heterocycles. The van der Waals surface area contributed by atoms with E-state index >= 15 is 0 Å². The molecule has 0 rings (SSSR count). The Bertz CT molecular complexity index is 94.9. The van der Waals surface area contributed by atoms with E-state index in [9.17, 15) is 0 Å². The normalized spacial score (nSPS) is 10.6.